The molecule has 0 radical (unpaired) electrons. The van der Waals surface area contributed by atoms with E-state index in [1.165, 1.54) is 6.07 Å². The van der Waals surface area contributed by atoms with Crippen molar-refractivity contribution in [2.24, 2.45) is 7.05 Å². The SMILES string of the molecule is Cn1cc(C2(CO)CC2)c2ccc(F)cc21. The highest BCUT2D eigenvalue weighted by molar-refractivity contribution is 5.85. The van der Waals surface area contributed by atoms with Crippen molar-refractivity contribution >= 4 is 10.9 Å². The molecule has 1 aliphatic rings. The van der Waals surface area contributed by atoms with Crippen LogP contribution < -0.4 is 0 Å². The normalized spacial score (nSPS) is 17.9. The highest BCUT2D eigenvalue weighted by atomic mass is 19.1. The van der Waals surface area contributed by atoms with Gasteiger partial charge in [-0.25, -0.2) is 4.39 Å². The number of hydrogen-bond donors (Lipinski definition) is 1. The maximum atomic E-state index is 13.2. The van der Waals surface area contributed by atoms with Gasteiger partial charge in [0.05, 0.1) is 12.1 Å². The fourth-order valence-corrected chi connectivity index (χ4v) is 2.44. The lowest BCUT2D eigenvalue weighted by atomic mass is 9.96. The minimum atomic E-state index is -0.214. The molecule has 1 aromatic heterocycles. The van der Waals surface area contributed by atoms with Crippen LogP contribution in [0.25, 0.3) is 10.9 Å². The van der Waals surface area contributed by atoms with Gasteiger partial charge in [0, 0.05) is 24.0 Å². The first kappa shape index (κ1) is 9.85. The number of hydrogen-bond acceptors (Lipinski definition) is 1. The Balaban J connectivity index is 2.27. The van der Waals surface area contributed by atoms with E-state index in [-0.39, 0.29) is 17.8 Å². The van der Waals surface area contributed by atoms with E-state index in [9.17, 15) is 9.50 Å². The topological polar surface area (TPSA) is 25.2 Å². The fourth-order valence-electron chi connectivity index (χ4n) is 2.44. The van der Waals surface area contributed by atoms with Gasteiger partial charge in [-0.3, -0.25) is 0 Å². The molecule has 3 heteroatoms. The van der Waals surface area contributed by atoms with Crippen molar-refractivity contribution in [3.63, 3.8) is 0 Å². The van der Waals surface area contributed by atoms with Gasteiger partial charge in [-0.2, -0.15) is 0 Å². The van der Waals surface area contributed by atoms with E-state index < -0.39 is 0 Å². The van der Waals surface area contributed by atoms with Crippen LogP contribution in [0.3, 0.4) is 0 Å². The van der Waals surface area contributed by atoms with E-state index in [0.717, 1.165) is 29.3 Å². The zero-order chi connectivity index (χ0) is 11.3. The first-order valence-electron chi connectivity index (χ1n) is 5.52. The first-order chi connectivity index (χ1) is 7.66. The second-order valence-electron chi connectivity index (χ2n) is 4.75. The predicted octanol–water partition coefficient (Wildman–Crippen LogP) is 2.34. The third kappa shape index (κ3) is 1.21. The summed E-state index contributed by atoms with van der Waals surface area (Å²) in [6, 6.07) is 4.85. The van der Waals surface area contributed by atoms with Crippen molar-refractivity contribution in [2.75, 3.05) is 6.61 Å². The lowest BCUT2D eigenvalue weighted by Gasteiger charge is -2.09. The summed E-state index contributed by atoms with van der Waals surface area (Å²) in [6.07, 6.45) is 4.08. The summed E-state index contributed by atoms with van der Waals surface area (Å²) >= 11 is 0. The van der Waals surface area contributed by atoms with Crippen LogP contribution in [0.5, 0.6) is 0 Å². The molecule has 1 saturated carbocycles. The molecule has 1 fully saturated rings. The van der Waals surface area contributed by atoms with Crippen LogP contribution >= 0.6 is 0 Å². The minimum Gasteiger partial charge on any atom is -0.395 e. The number of fused-ring (bicyclic) bond motifs is 1. The molecule has 0 saturated heterocycles. The van der Waals surface area contributed by atoms with Gasteiger partial charge in [0.2, 0.25) is 0 Å². The molecule has 0 aliphatic heterocycles. The van der Waals surface area contributed by atoms with Gasteiger partial charge < -0.3 is 9.67 Å². The van der Waals surface area contributed by atoms with Gasteiger partial charge in [0.15, 0.2) is 0 Å². The third-order valence-electron chi connectivity index (χ3n) is 3.68. The molecule has 1 aromatic carbocycles. The zero-order valence-electron chi connectivity index (χ0n) is 9.20. The zero-order valence-corrected chi connectivity index (χ0v) is 9.20. The minimum absolute atomic E-state index is 0.0582. The average Bonchev–Trinajstić information content (AvgIpc) is 3.01. The maximum absolute atomic E-state index is 13.2. The Bertz CT molecular complexity index is 554. The van der Waals surface area contributed by atoms with Crippen LogP contribution in [0, 0.1) is 5.82 Å². The molecular formula is C13H14FNO. The van der Waals surface area contributed by atoms with Gasteiger partial charge in [-0.05, 0) is 36.6 Å². The van der Waals surface area contributed by atoms with Gasteiger partial charge in [-0.1, -0.05) is 0 Å². The Hall–Kier alpha value is -1.35. The number of halogens is 1. The second-order valence-corrected chi connectivity index (χ2v) is 4.75. The summed E-state index contributed by atoms with van der Waals surface area (Å²) < 4.78 is 15.1. The van der Waals surface area contributed by atoms with E-state index in [4.69, 9.17) is 0 Å². The number of aliphatic hydroxyl groups excluding tert-OH is 1. The van der Waals surface area contributed by atoms with E-state index in [1.807, 2.05) is 23.9 Å². The molecular weight excluding hydrogens is 205 g/mol. The van der Waals surface area contributed by atoms with Crippen molar-refractivity contribution in [1.82, 2.24) is 4.57 Å². The van der Waals surface area contributed by atoms with Crippen LogP contribution in [-0.4, -0.2) is 16.3 Å². The summed E-state index contributed by atoms with van der Waals surface area (Å²) in [4.78, 5) is 0. The van der Waals surface area contributed by atoms with Crippen LogP contribution in [-0.2, 0) is 12.5 Å². The summed E-state index contributed by atoms with van der Waals surface area (Å²) in [6.45, 7) is 0.184. The standard InChI is InChI=1S/C13H14FNO/c1-15-7-11(13(8-16)4-5-13)10-3-2-9(14)6-12(10)15/h2-3,6-7,16H,4-5,8H2,1H3. The van der Waals surface area contributed by atoms with Gasteiger partial charge in [-0.15, -0.1) is 0 Å². The molecule has 16 heavy (non-hydrogen) atoms. The van der Waals surface area contributed by atoms with Gasteiger partial charge in [0.25, 0.3) is 0 Å². The second kappa shape index (κ2) is 3.08. The van der Waals surface area contributed by atoms with Crippen molar-refractivity contribution < 1.29 is 9.50 Å². The summed E-state index contributed by atoms with van der Waals surface area (Å²) in [7, 11) is 1.92. The van der Waals surface area contributed by atoms with Crippen LogP contribution in [0.1, 0.15) is 18.4 Å². The van der Waals surface area contributed by atoms with Crippen LogP contribution in [0.2, 0.25) is 0 Å². The lowest BCUT2D eigenvalue weighted by molar-refractivity contribution is 0.255. The lowest BCUT2D eigenvalue weighted by Crippen LogP contribution is -2.11. The summed E-state index contributed by atoms with van der Waals surface area (Å²) in [5.41, 5.74) is 2.00. The van der Waals surface area contributed by atoms with Crippen molar-refractivity contribution in [2.45, 2.75) is 18.3 Å². The molecule has 1 N–H and O–H groups in total. The molecule has 2 nitrogen and oxygen atoms in total. The average molecular weight is 219 g/mol. The number of aryl methyl sites for hydroxylation is 1. The molecule has 2 aromatic rings. The monoisotopic (exact) mass is 219 g/mol. The number of nitrogens with zero attached hydrogens (tertiary/aromatic N) is 1. The molecule has 0 amide bonds. The molecule has 3 rings (SSSR count). The van der Waals surface area contributed by atoms with E-state index in [0.29, 0.717) is 0 Å². The van der Waals surface area contributed by atoms with E-state index in [2.05, 4.69) is 0 Å². The highest BCUT2D eigenvalue weighted by Crippen LogP contribution is 2.50. The number of benzene rings is 1. The predicted molar refractivity (Wildman–Crippen MR) is 60.9 cm³/mol. The molecule has 0 unspecified atom stereocenters. The smallest absolute Gasteiger partial charge is 0.125 e. The van der Waals surface area contributed by atoms with Gasteiger partial charge in [0.1, 0.15) is 5.82 Å². The van der Waals surface area contributed by atoms with Gasteiger partial charge >= 0.3 is 0 Å². The largest absolute Gasteiger partial charge is 0.395 e. The number of rotatable bonds is 2. The van der Waals surface area contributed by atoms with Crippen molar-refractivity contribution in [3.8, 4) is 0 Å². The van der Waals surface area contributed by atoms with E-state index >= 15 is 0 Å². The van der Waals surface area contributed by atoms with E-state index in [1.54, 1.807) is 6.07 Å². The molecule has 1 aliphatic carbocycles. The molecule has 0 bridgehead atoms. The Morgan fingerprint density at radius 1 is 1.44 bits per heavy atom. The summed E-state index contributed by atoms with van der Waals surface area (Å²) in [5.74, 6) is -0.214. The Morgan fingerprint density at radius 2 is 2.19 bits per heavy atom. The van der Waals surface area contributed by atoms with Crippen molar-refractivity contribution in [1.29, 1.82) is 0 Å². The maximum Gasteiger partial charge on any atom is 0.125 e. The molecule has 0 spiro atoms. The molecule has 0 atom stereocenters. The Morgan fingerprint density at radius 3 is 2.81 bits per heavy atom. The Labute approximate surface area is 93.3 Å². The highest BCUT2D eigenvalue weighted by Gasteiger charge is 2.45. The number of aromatic nitrogens is 1. The summed E-state index contributed by atoms with van der Waals surface area (Å²) in [5, 5.41) is 10.5. The quantitative estimate of drug-likeness (QED) is 0.824. The fraction of sp³-hybridized carbons (Fsp3) is 0.385. The molecule has 84 valence electrons. The first-order valence-corrected chi connectivity index (χ1v) is 5.52. The molecule has 1 heterocycles. The Kier molecular flexibility index (Phi) is 1.89. The van der Waals surface area contributed by atoms with Crippen molar-refractivity contribution in [3.05, 3.63) is 35.8 Å². The number of aliphatic hydroxyl groups is 1. The third-order valence-corrected chi connectivity index (χ3v) is 3.68. The van der Waals surface area contributed by atoms with Crippen LogP contribution in [0.4, 0.5) is 4.39 Å². The van der Waals surface area contributed by atoms with Crippen LogP contribution in [0.15, 0.2) is 24.4 Å².